The van der Waals surface area contributed by atoms with Gasteiger partial charge in [0.15, 0.2) is 17.5 Å². The molecule has 0 radical (unpaired) electrons. The second-order valence-corrected chi connectivity index (χ2v) is 18.6. The maximum absolute atomic E-state index is 6.25. The van der Waals surface area contributed by atoms with E-state index in [0.29, 0.717) is 17.5 Å². The second kappa shape index (κ2) is 14.3. The molecule has 0 saturated heterocycles. The highest BCUT2D eigenvalue weighted by Crippen LogP contribution is 2.43. The fraction of sp³-hybridized carbons (Fsp3) is 0. The number of aromatic nitrogens is 4. The van der Waals surface area contributed by atoms with E-state index in [1.807, 2.05) is 72.0 Å². The molecule has 5 aromatic heterocycles. The molecule has 0 saturated carbocycles. The van der Waals surface area contributed by atoms with Gasteiger partial charge in [0.25, 0.3) is 0 Å². The maximum Gasteiger partial charge on any atom is 0.164 e. The number of fused-ring (bicyclic) bond motifs is 13. The van der Waals surface area contributed by atoms with Gasteiger partial charge >= 0.3 is 0 Å². The van der Waals surface area contributed by atoms with Crippen LogP contribution in [0.25, 0.3) is 148 Å². The van der Waals surface area contributed by atoms with Crippen molar-refractivity contribution >= 4 is 108 Å². The van der Waals surface area contributed by atoms with Crippen LogP contribution in [0.1, 0.15) is 0 Å². The zero-order valence-corrected chi connectivity index (χ0v) is 37.0. The predicted octanol–water partition coefficient (Wildman–Crippen LogP) is 17.0. The van der Waals surface area contributed by atoms with Crippen LogP contribution in [0.15, 0.2) is 215 Å². The van der Waals surface area contributed by atoms with E-state index in [1.165, 1.54) is 41.7 Å². The highest BCUT2D eigenvalue weighted by Gasteiger charge is 2.21. The molecular weight excluding hydrogens is 853 g/mol. The lowest BCUT2D eigenvalue weighted by Crippen LogP contribution is -2.02. The molecule has 68 heavy (non-hydrogen) atoms. The summed E-state index contributed by atoms with van der Waals surface area (Å²) in [6.07, 6.45) is 0. The number of thiophene rings is 1. The van der Waals surface area contributed by atoms with E-state index >= 15 is 0 Å². The first-order valence-corrected chi connectivity index (χ1v) is 23.5. The van der Waals surface area contributed by atoms with Crippen LogP contribution < -0.4 is 0 Å². The van der Waals surface area contributed by atoms with Gasteiger partial charge in [-0.1, -0.05) is 103 Å². The standard InChI is InChI=1S/C61H34N4O2S/c1-2-12-36-34-52-46(29-35(36)11-1)41-13-3-7-17-50(41)65(52)51-25-21-38(31-45(51)37-24-28-58-49(30-37)44-16-6-10-20-57(44)68-58)59-62-60(39-22-26-55-47(32-39)42-14-4-8-18-53(42)66-55)64-61(63-59)40-23-27-56-48(33-40)43-15-5-9-19-54(43)67-56/h1-34H. The average Bonchev–Trinajstić information content (AvgIpc) is 4.16. The first-order chi connectivity index (χ1) is 33.6. The van der Waals surface area contributed by atoms with Crippen molar-refractivity contribution in [2.24, 2.45) is 0 Å². The van der Waals surface area contributed by atoms with Crippen molar-refractivity contribution < 1.29 is 8.83 Å². The molecule has 5 heterocycles. The first-order valence-electron chi connectivity index (χ1n) is 22.7. The van der Waals surface area contributed by atoms with Crippen molar-refractivity contribution in [1.29, 1.82) is 0 Å². The monoisotopic (exact) mass is 886 g/mol. The zero-order chi connectivity index (χ0) is 44.5. The van der Waals surface area contributed by atoms with Crippen LogP contribution in [0.5, 0.6) is 0 Å². The Kier molecular flexibility index (Phi) is 7.85. The molecule has 0 spiro atoms. The van der Waals surface area contributed by atoms with E-state index in [0.717, 1.165) is 88.4 Å². The second-order valence-electron chi connectivity index (χ2n) is 17.5. The van der Waals surface area contributed by atoms with Gasteiger partial charge in [-0.25, -0.2) is 15.0 Å². The van der Waals surface area contributed by atoms with Gasteiger partial charge in [-0.15, -0.1) is 11.3 Å². The fourth-order valence-corrected chi connectivity index (χ4v) is 11.5. The van der Waals surface area contributed by atoms with E-state index < -0.39 is 0 Å². The van der Waals surface area contributed by atoms with E-state index in [1.54, 1.807) is 0 Å². The number of benzene rings is 10. The minimum Gasteiger partial charge on any atom is -0.456 e. The largest absolute Gasteiger partial charge is 0.456 e. The van der Waals surface area contributed by atoms with Crippen LogP contribution in [0, 0.1) is 0 Å². The Morgan fingerprint density at radius 3 is 1.51 bits per heavy atom. The van der Waals surface area contributed by atoms with Crippen LogP contribution in [-0.4, -0.2) is 19.5 Å². The summed E-state index contributed by atoms with van der Waals surface area (Å²) >= 11 is 1.83. The Balaban J connectivity index is 0.995. The molecule has 7 heteroatoms. The SMILES string of the molecule is c1ccc2cc3c(cc2c1)c1ccccc1n3-c1ccc(-c2nc(-c3ccc4oc5ccccc5c4c3)nc(-c3ccc4oc5ccccc5c4c3)n2)cc1-c1ccc2sc3ccccc3c2c1. The van der Waals surface area contributed by atoms with Crippen molar-refractivity contribution in [3.05, 3.63) is 206 Å². The number of rotatable bonds is 5. The quantitative estimate of drug-likeness (QED) is 0.172. The Labute approximate surface area is 391 Å². The lowest BCUT2D eigenvalue weighted by molar-refractivity contribution is 0.668. The molecule has 0 fully saturated rings. The summed E-state index contributed by atoms with van der Waals surface area (Å²) in [7, 11) is 0. The molecule has 6 nitrogen and oxygen atoms in total. The molecule has 0 N–H and O–H groups in total. The van der Waals surface area contributed by atoms with Crippen molar-refractivity contribution in [2.45, 2.75) is 0 Å². The van der Waals surface area contributed by atoms with Gasteiger partial charge in [-0.05, 0) is 119 Å². The van der Waals surface area contributed by atoms with Crippen molar-refractivity contribution in [3.63, 3.8) is 0 Å². The third kappa shape index (κ3) is 5.66. The van der Waals surface area contributed by atoms with Crippen molar-refractivity contribution in [2.75, 3.05) is 0 Å². The third-order valence-electron chi connectivity index (χ3n) is 13.6. The maximum atomic E-state index is 6.25. The molecule has 316 valence electrons. The van der Waals surface area contributed by atoms with E-state index in [9.17, 15) is 0 Å². The molecular formula is C61H34N4O2S. The normalized spacial score (nSPS) is 12.1. The fourth-order valence-electron chi connectivity index (χ4n) is 10.4. The third-order valence-corrected chi connectivity index (χ3v) is 14.8. The van der Waals surface area contributed by atoms with Gasteiger partial charge in [0.1, 0.15) is 22.3 Å². The molecule has 0 atom stereocenters. The smallest absolute Gasteiger partial charge is 0.164 e. The van der Waals surface area contributed by atoms with E-state index in [-0.39, 0.29) is 0 Å². The molecule has 0 amide bonds. The summed E-state index contributed by atoms with van der Waals surface area (Å²) in [6.45, 7) is 0. The van der Waals surface area contributed by atoms with Crippen LogP contribution in [0.4, 0.5) is 0 Å². The van der Waals surface area contributed by atoms with Crippen LogP contribution in [0.3, 0.4) is 0 Å². The van der Waals surface area contributed by atoms with E-state index in [2.05, 4.69) is 150 Å². The topological polar surface area (TPSA) is 69.9 Å². The van der Waals surface area contributed by atoms with Gasteiger partial charge in [-0.2, -0.15) is 0 Å². The minimum atomic E-state index is 0.570. The summed E-state index contributed by atoms with van der Waals surface area (Å²) in [5.74, 6) is 1.71. The van der Waals surface area contributed by atoms with Crippen molar-refractivity contribution in [1.82, 2.24) is 19.5 Å². The number of para-hydroxylation sites is 3. The van der Waals surface area contributed by atoms with Gasteiger partial charge < -0.3 is 13.4 Å². The number of hydrogen-bond donors (Lipinski definition) is 0. The van der Waals surface area contributed by atoms with E-state index in [4.69, 9.17) is 23.8 Å². The van der Waals surface area contributed by atoms with Crippen LogP contribution in [0.2, 0.25) is 0 Å². The Bertz CT molecular complexity index is 4460. The van der Waals surface area contributed by atoms with Gasteiger partial charge in [0.2, 0.25) is 0 Å². The molecule has 0 unspecified atom stereocenters. The summed E-state index contributed by atoms with van der Waals surface area (Å²) in [5, 5.41) is 11.4. The summed E-state index contributed by atoms with van der Waals surface area (Å²) in [5.41, 5.74) is 11.5. The Morgan fingerprint density at radius 1 is 0.324 bits per heavy atom. The summed E-state index contributed by atoms with van der Waals surface area (Å²) in [4.78, 5) is 15.9. The molecule has 0 aliphatic carbocycles. The number of furan rings is 2. The predicted molar refractivity (Wildman–Crippen MR) is 281 cm³/mol. The number of hydrogen-bond acceptors (Lipinski definition) is 6. The highest BCUT2D eigenvalue weighted by molar-refractivity contribution is 7.25. The molecule has 0 bridgehead atoms. The van der Waals surface area contributed by atoms with Crippen LogP contribution in [-0.2, 0) is 0 Å². The summed E-state index contributed by atoms with van der Waals surface area (Å²) in [6, 6.07) is 73.0. The van der Waals surface area contributed by atoms with Crippen LogP contribution >= 0.6 is 11.3 Å². The Morgan fingerprint density at radius 2 is 0.824 bits per heavy atom. The highest BCUT2D eigenvalue weighted by atomic mass is 32.1. The molecule has 15 aromatic rings. The van der Waals surface area contributed by atoms with Gasteiger partial charge in [0, 0.05) is 74.7 Å². The molecule has 0 aliphatic rings. The molecule has 0 aliphatic heterocycles. The lowest BCUT2D eigenvalue weighted by atomic mass is 9.98. The lowest BCUT2D eigenvalue weighted by Gasteiger charge is -2.17. The average molecular weight is 887 g/mol. The summed E-state index contributed by atoms with van der Waals surface area (Å²) < 4.78 is 17.5. The number of nitrogens with zero attached hydrogens (tertiary/aromatic N) is 4. The molecule has 15 rings (SSSR count). The van der Waals surface area contributed by atoms with Gasteiger partial charge in [0.05, 0.1) is 16.7 Å². The van der Waals surface area contributed by atoms with Crippen molar-refractivity contribution in [3.8, 4) is 51.0 Å². The zero-order valence-electron chi connectivity index (χ0n) is 36.1. The molecule has 10 aromatic carbocycles. The first kappa shape index (κ1) is 37.3. The minimum absolute atomic E-state index is 0.570. The Hall–Kier alpha value is -8.91. The van der Waals surface area contributed by atoms with Gasteiger partial charge in [-0.3, -0.25) is 0 Å².